The fourth-order valence-corrected chi connectivity index (χ4v) is 5.00. The van der Waals surface area contributed by atoms with E-state index in [-0.39, 0.29) is 17.2 Å². The van der Waals surface area contributed by atoms with Gasteiger partial charge in [-0.25, -0.2) is 9.37 Å². The van der Waals surface area contributed by atoms with E-state index in [1.807, 2.05) is 29.2 Å². The van der Waals surface area contributed by atoms with E-state index in [9.17, 15) is 9.18 Å². The van der Waals surface area contributed by atoms with Gasteiger partial charge in [-0.05, 0) is 56.1 Å². The van der Waals surface area contributed by atoms with Crippen molar-refractivity contribution < 1.29 is 13.9 Å². The van der Waals surface area contributed by atoms with Crippen LogP contribution in [-0.2, 0) is 11.8 Å². The maximum absolute atomic E-state index is 14.3. The topological polar surface area (TPSA) is 72.7 Å². The Kier molecular flexibility index (Phi) is 8.11. The van der Waals surface area contributed by atoms with Crippen molar-refractivity contribution in [2.75, 3.05) is 50.8 Å². The summed E-state index contributed by atoms with van der Waals surface area (Å²) in [6.07, 6.45) is 7.43. The van der Waals surface area contributed by atoms with E-state index < -0.39 is 5.82 Å². The molecule has 2 aromatic heterocycles. The maximum Gasteiger partial charge on any atom is 0.255 e. The zero-order valence-corrected chi connectivity index (χ0v) is 21.3. The van der Waals surface area contributed by atoms with Crippen LogP contribution in [0.15, 0.2) is 53.6 Å². The molecule has 0 radical (unpaired) electrons. The zero-order valence-electron chi connectivity index (χ0n) is 21.3. The second kappa shape index (κ2) is 11.8. The number of piperidine rings is 1. The molecule has 5 rings (SSSR count). The summed E-state index contributed by atoms with van der Waals surface area (Å²) < 4.78 is 27.8. The predicted octanol–water partition coefficient (Wildman–Crippen LogP) is 3.81. The van der Waals surface area contributed by atoms with Gasteiger partial charge in [-0.15, -0.1) is 0 Å². The predicted molar refractivity (Wildman–Crippen MR) is 140 cm³/mol. The molecular formula is C28H34FN5O3. The number of pyridine rings is 1. The monoisotopic (exact) mass is 507 g/mol. The Labute approximate surface area is 216 Å². The molecule has 2 fully saturated rings. The highest BCUT2D eigenvalue weighted by Crippen LogP contribution is 2.28. The van der Waals surface area contributed by atoms with E-state index in [0.29, 0.717) is 37.9 Å². The van der Waals surface area contributed by atoms with Gasteiger partial charge in [0, 0.05) is 38.0 Å². The third-order valence-corrected chi connectivity index (χ3v) is 7.10. The lowest BCUT2D eigenvalue weighted by Gasteiger charge is -2.34. The van der Waals surface area contributed by atoms with E-state index >= 15 is 0 Å². The van der Waals surface area contributed by atoms with Crippen molar-refractivity contribution in [3.63, 3.8) is 0 Å². The molecule has 4 heterocycles. The van der Waals surface area contributed by atoms with E-state index in [4.69, 9.17) is 9.47 Å². The lowest BCUT2D eigenvalue weighted by molar-refractivity contribution is 0.0389. The minimum atomic E-state index is -0.511. The standard InChI is InChI=1S/C28H34FN5O3/c1-32-27(35)18-25(23-10-11-30-19-24(23)29)31-28(32)34-15-17-37-26(20-34)21-6-8-22(9-7-21)36-16-5-14-33-12-3-2-4-13-33/h6-11,18-19,26H,2-5,12-17,20H2,1H3/t26-/m1/s1. The first-order chi connectivity index (χ1) is 18.1. The maximum atomic E-state index is 14.3. The molecule has 9 heteroatoms. The highest BCUT2D eigenvalue weighted by atomic mass is 19.1. The van der Waals surface area contributed by atoms with Crippen molar-refractivity contribution in [3.05, 3.63) is 70.5 Å². The van der Waals surface area contributed by atoms with Gasteiger partial charge in [-0.1, -0.05) is 18.6 Å². The van der Waals surface area contributed by atoms with E-state index in [2.05, 4.69) is 14.9 Å². The molecule has 0 amide bonds. The van der Waals surface area contributed by atoms with Gasteiger partial charge in [0.1, 0.15) is 11.9 Å². The molecule has 1 atom stereocenters. The van der Waals surface area contributed by atoms with Crippen molar-refractivity contribution in [3.8, 4) is 17.0 Å². The van der Waals surface area contributed by atoms with Crippen LogP contribution >= 0.6 is 0 Å². The Balaban J connectivity index is 1.22. The first-order valence-electron chi connectivity index (χ1n) is 13.1. The number of aromatic nitrogens is 3. The summed E-state index contributed by atoms with van der Waals surface area (Å²) in [5.41, 5.74) is 1.33. The summed E-state index contributed by atoms with van der Waals surface area (Å²) in [5.74, 6) is 0.828. The van der Waals surface area contributed by atoms with Crippen LogP contribution in [0, 0.1) is 5.82 Å². The fraction of sp³-hybridized carbons (Fsp3) is 0.464. The van der Waals surface area contributed by atoms with Crippen LogP contribution in [0.25, 0.3) is 11.3 Å². The van der Waals surface area contributed by atoms with Gasteiger partial charge in [0.2, 0.25) is 5.95 Å². The molecule has 1 aromatic carbocycles. The molecule has 196 valence electrons. The van der Waals surface area contributed by atoms with Crippen LogP contribution < -0.4 is 15.2 Å². The summed E-state index contributed by atoms with van der Waals surface area (Å²) in [6.45, 7) is 5.81. The number of rotatable bonds is 8. The molecule has 0 spiro atoms. The molecule has 3 aromatic rings. The Morgan fingerprint density at radius 3 is 2.70 bits per heavy atom. The van der Waals surface area contributed by atoms with Crippen LogP contribution in [0.2, 0.25) is 0 Å². The van der Waals surface area contributed by atoms with Crippen LogP contribution in [0.5, 0.6) is 5.75 Å². The lowest BCUT2D eigenvalue weighted by Crippen LogP contribution is -2.41. The second-order valence-electron chi connectivity index (χ2n) is 9.67. The minimum absolute atomic E-state index is 0.180. The number of morpholine rings is 1. The number of anilines is 1. The molecule has 0 aliphatic carbocycles. The van der Waals surface area contributed by atoms with E-state index in [0.717, 1.165) is 30.5 Å². The molecule has 2 aliphatic rings. The summed E-state index contributed by atoms with van der Waals surface area (Å²) in [4.78, 5) is 25.7. The lowest BCUT2D eigenvalue weighted by atomic mass is 10.1. The van der Waals surface area contributed by atoms with Crippen LogP contribution in [0.4, 0.5) is 10.3 Å². The van der Waals surface area contributed by atoms with Crippen molar-refractivity contribution >= 4 is 5.95 Å². The normalized spacial score (nSPS) is 18.6. The SMILES string of the molecule is Cn1c(N2CCO[C@@H](c3ccc(OCCCN4CCCCC4)cc3)C2)nc(-c2ccncc2F)cc1=O. The average molecular weight is 508 g/mol. The van der Waals surface area contributed by atoms with Gasteiger partial charge in [-0.3, -0.25) is 14.3 Å². The minimum Gasteiger partial charge on any atom is -0.494 e. The van der Waals surface area contributed by atoms with Gasteiger partial charge >= 0.3 is 0 Å². The van der Waals surface area contributed by atoms with Crippen LogP contribution in [0.3, 0.4) is 0 Å². The molecule has 2 aliphatic heterocycles. The van der Waals surface area contributed by atoms with Gasteiger partial charge in [0.25, 0.3) is 5.56 Å². The molecule has 8 nitrogen and oxygen atoms in total. The van der Waals surface area contributed by atoms with Gasteiger partial charge in [0.05, 0.1) is 31.6 Å². The van der Waals surface area contributed by atoms with E-state index in [1.54, 1.807) is 7.05 Å². The number of hydrogen-bond acceptors (Lipinski definition) is 7. The Hall–Kier alpha value is -3.30. The second-order valence-corrected chi connectivity index (χ2v) is 9.67. The number of hydrogen-bond donors (Lipinski definition) is 0. The third-order valence-electron chi connectivity index (χ3n) is 7.10. The number of benzene rings is 1. The molecule has 2 saturated heterocycles. The van der Waals surface area contributed by atoms with Crippen molar-refractivity contribution in [2.45, 2.75) is 31.8 Å². The van der Waals surface area contributed by atoms with E-state index in [1.165, 1.54) is 55.2 Å². The van der Waals surface area contributed by atoms with Gasteiger partial charge < -0.3 is 19.3 Å². The highest BCUT2D eigenvalue weighted by Gasteiger charge is 2.25. The summed E-state index contributed by atoms with van der Waals surface area (Å²) in [6, 6.07) is 10.9. The van der Waals surface area contributed by atoms with Gasteiger partial charge in [-0.2, -0.15) is 0 Å². The largest absolute Gasteiger partial charge is 0.494 e. The number of likely N-dealkylation sites (tertiary alicyclic amines) is 1. The Morgan fingerprint density at radius 2 is 1.92 bits per heavy atom. The molecule has 37 heavy (non-hydrogen) atoms. The molecule has 0 unspecified atom stereocenters. The third kappa shape index (κ3) is 6.17. The average Bonchev–Trinajstić information content (AvgIpc) is 2.94. The van der Waals surface area contributed by atoms with Crippen molar-refractivity contribution in [2.24, 2.45) is 7.05 Å². The molecular weight excluding hydrogens is 473 g/mol. The number of nitrogens with zero attached hydrogens (tertiary/aromatic N) is 5. The van der Waals surface area contributed by atoms with Crippen LogP contribution in [0.1, 0.15) is 37.4 Å². The Bertz CT molecular complexity index is 1240. The highest BCUT2D eigenvalue weighted by molar-refractivity contribution is 5.60. The first-order valence-corrected chi connectivity index (χ1v) is 13.1. The fourth-order valence-electron chi connectivity index (χ4n) is 5.00. The van der Waals surface area contributed by atoms with Crippen molar-refractivity contribution in [1.82, 2.24) is 19.4 Å². The Morgan fingerprint density at radius 1 is 1.11 bits per heavy atom. The number of halogens is 1. The smallest absolute Gasteiger partial charge is 0.255 e. The summed E-state index contributed by atoms with van der Waals surface area (Å²) >= 11 is 0. The molecule has 0 N–H and O–H groups in total. The van der Waals surface area contributed by atoms with Gasteiger partial charge in [0.15, 0.2) is 5.82 Å². The summed E-state index contributed by atoms with van der Waals surface area (Å²) in [7, 11) is 1.68. The molecule has 0 saturated carbocycles. The van der Waals surface area contributed by atoms with Crippen molar-refractivity contribution in [1.29, 1.82) is 0 Å². The quantitative estimate of drug-likeness (QED) is 0.429. The summed E-state index contributed by atoms with van der Waals surface area (Å²) in [5, 5.41) is 0. The molecule has 0 bridgehead atoms. The zero-order chi connectivity index (χ0) is 25.6. The first kappa shape index (κ1) is 25.4. The number of ether oxygens (including phenoxy) is 2. The van der Waals surface area contributed by atoms with Crippen LogP contribution in [-0.4, -0.2) is 65.4 Å².